The van der Waals surface area contributed by atoms with Crippen LogP contribution in [-0.2, 0) is 6.61 Å². The van der Waals surface area contributed by atoms with E-state index < -0.39 is 0 Å². The van der Waals surface area contributed by atoms with Gasteiger partial charge < -0.3 is 15.2 Å². The summed E-state index contributed by atoms with van der Waals surface area (Å²) in [6, 6.07) is 5.75. The first-order valence-electron chi connectivity index (χ1n) is 5.48. The van der Waals surface area contributed by atoms with Gasteiger partial charge in [0.15, 0.2) is 0 Å². The van der Waals surface area contributed by atoms with Crippen molar-refractivity contribution in [3.8, 4) is 5.75 Å². The minimum atomic E-state index is -0.00574. The third-order valence-electron chi connectivity index (χ3n) is 2.27. The quantitative estimate of drug-likeness (QED) is 0.824. The fourth-order valence-electron chi connectivity index (χ4n) is 1.38. The fourth-order valence-corrected chi connectivity index (χ4v) is 1.38. The Morgan fingerprint density at radius 2 is 2.00 bits per heavy atom. The SMILES string of the molecule is COc1ccc(NCC(C)(C)C)cc1CO. The van der Waals surface area contributed by atoms with Gasteiger partial charge in [-0.1, -0.05) is 20.8 Å². The van der Waals surface area contributed by atoms with E-state index in [4.69, 9.17) is 4.74 Å². The van der Waals surface area contributed by atoms with Crippen LogP contribution in [-0.4, -0.2) is 18.8 Å². The van der Waals surface area contributed by atoms with Gasteiger partial charge in [0.1, 0.15) is 5.75 Å². The van der Waals surface area contributed by atoms with Crippen molar-refractivity contribution in [1.29, 1.82) is 0 Å². The van der Waals surface area contributed by atoms with Crippen LogP contribution in [0.1, 0.15) is 26.3 Å². The minimum Gasteiger partial charge on any atom is -0.496 e. The molecule has 3 heteroatoms. The second-order valence-electron chi connectivity index (χ2n) is 5.10. The van der Waals surface area contributed by atoms with Crippen LogP contribution in [0.2, 0.25) is 0 Å². The molecule has 16 heavy (non-hydrogen) atoms. The first-order valence-corrected chi connectivity index (χ1v) is 5.48. The number of aliphatic hydroxyl groups is 1. The van der Waals surface area contributed by atoms with Crippen LogP contribution >= 0.6 is 0 Å². The molecule has 0 heterocycles. The Balaban J connectivity index is 2.75. The molecule has 90 valence electrons. The number of hydrogen-bond donors (Lipinski definition) is 2. The topological polar surface area (TPSA) is 41.5 Å². The number of ether oxygens (including phenoxy) is 1. The monoisotopic (exact) mass is 223 g/mol. The zero-order valence-electron chi connectivity index (χ0n) is 10.5. The lowest BCUT2D eigenvalue weighted by Gasteiger charge is -2.20. The highest BCUT2D eigenvalue weighted by atomic mass is 16.5. The van der Waals surface area contributed by atoms with E-state index in [0.29, 0.717) is 0 Å². The smallest absolute Gasteiger partial charge is 0.124 e. The van der Waals surface area contributed by atoms with Crippen molar-refractivity contribution in [3.63, 3.8) is 0 Å². The van der Waals surface area contributed by atoms with Gasteiger partial charge in [-0.2, -0.15) is 0 Å². The third kappa shape index (κ3) is 3.74. The Kier molecular flexibility index (Phi) is 4.19. The Labute approximate surface area is 97.4 Å². The Hall–Kier alpha value is -1.22. The minimum absolute atomic E-state index is 0.00574. The van der Waals surface area contributed by atoms with E-state index >= 15 is 0 Å². The van der Waals surface area contributed by atoms with Gasteiger partial charge >= 0.3 is 0 Å². The van der Waals surface area contributed by atoms with E-state index in [1.54, 1.807) is 7.11 Å². The predicted octanol–water partition coefficient (Wildman–Crippen LogP) is 2.65. The molecule has 0 aliphatic heterocycles. The van der Waals surface area contributed by atoms with Crippen molar-refractivity contribution in [3.05, 3.63) is 23.8 Å². The summed E-state index contributed by atoms with van der Waals surface area (Å²) in [6.45, 7) is 7.42. The largest absolute Gasteiger partial charge is 0.496 e. The van der Waals surface area contributed by atoms with Crippen molar-refractivity contribution >= 4 is 5.69 Å². The van der Waals surface area contributed by atoms with Crippen LogP contribution in [0.4, 0.5) is 5.69 Å². The van der Waals surface area contributed by atoms with Crippen molar-refractivity contribution < 1.29 is 9.84 Å². The van der Waals surface area contributed by atoms with Gasteiger partial charge in [0.25, 0.3) is 0 Å². The normalized spacial score (nSPS) is 11.3. The van der Waals surface area contributed by atoms with Gasteiger partial charge in [-0.3, -0.25) is 0 Å². The van der Waals surface area contributed by atoms with E-state index in [0.717, 1.165) is 23.5 Å². The number of benzene rings is 1. The second-order valence-corrected chi connectivity index (χ2v) is 5.10. The van der Waals surface area contributed by atoms with Crippen LogP contribution in [0.5, 0.6) is 5.75 Å². The Bertz CT molecular complexity index is 342. The number of aliphatic hydroxyl groups excluding tert-OH is 1. The van der Waals surface area contributed by atoms with E-state index in [2.05, 4.69) is 26.1 Å². The summed E-state index contributed by atoms with van der Waals surface area (Å²) in [5.74, 6) is 0.726. The lowest BCUT2D eigenvalue weighted by atomic mass is 9.97. The number of nitrogens with one attached hydrogen (secondary N) is 1. The third-order valence-corrected chi connectivity index (χ3v) is 2.27. The lowest BCUT2D eigenvalue weighted by molar-refractivity contribution is 0.274. The maximum absolute atomic E-state index is 9.19. The van der Waals surface area contributed by atoms with Crippen molar-refractivity contribution in [2.45, 2.75) is 27.4 Å². The molecule has 0 saturated heterocycles. The summed E-state index contributed by atoms with van der Waals surface area (Å²) < 4.78 is 5.15. The summed E-state index contributed by atoms with van der Waals surface area (Å²) in [5.41, 5.74) is 2.06. The maximum Gasteiger partial charge on any atom is 0.124 e. The highest BCUT2D eigenvalue weighted by Gasteiger charge is 2.10. The predicted molar refractivity (Wildman–Crippen MR) is 66.9 cm³/mol. The highest BCUT2D eigenvalue weighted by Crippen LogP contribution is 2.23. The van der Waals surface area contributed by atoms with Gasteiger partial charge in [-0.15, -0.1) is 0 Å². The molecule has 0 atom stereocenters. The van der Waals surface area contributed by atoms with Crippen LogP contribution in [0.25, 0.3) is 0 Å². The summed E-state index contributed by atoms with van der Waals surface area (Å²) in [4.78, 5) is 0. The van der Waals surface area contributed by atoms with E-state index in [9.17, 15) is 5.11 Å². The van der Waals surface area contributed by atoms with Gasteiger partial charge in [0.2, 0.25) is 0 Å². The zero-order chi connectivity index (χ0) is 12.2. The summed E-state index contributed by atoms with van der Waals surface area (Å²) >= 11 is 0. The average Bonchev–Trinajstić information content (AvgIpc) is 2.25. The molecule has 0 bridgehead atoms. The van der Waals surface area contributed by atoms with E-state index in [1.807, 2.05) is 18.2 Å². The van der Waals surface area contributed by atoms with Gasteiger partial charge in [0, 0.05) is 17.8 Å². The van der Waals surface area contributed by atoms with E-state index in [-0.39, 0.29) is 12.0 Å². The van der Waals surface area contributed by atoms with Crippen molar-refractivity contribution in [1.82, 2.24) is 0 Å². The maximum atomic E-state index is 9.19. The number of rotatable bonds is 4. The van der Waals surface area contributed by atoms with Crippen molar-refractivity contribution in [2.75, 3.05) is 19.0 Å². The number of methoxy groups -OCH3 is 1. The lowest BCUT2D eigenvalue weighted by Crippen LogP contribution is -2.19. The average molecular weight is 223 g/mol. The first kappa shape index (κ1) is 12.8. The molecule has 0 spiro atoms. The molecular weight excluding hydrogens is 202 g/mol. The summed E-state index contributed by atoms with van der Waals surface area (Å²) in [5, 5.41) is 12.5. The fraction of sp³-hybridized carbons (Fsp3) is 0.538. The molecule has 0 radical (unpaired) electrons. The van der Waals surface area contributed by atoms with Gasteiger partial charge in [-0.25, -0.2) is 0 Å². The molecule has 2 N–H and O–H groups in total. The molecule has 0 aliphatic carbocycles. The van der Waals surface area contributed by atoms with Gasteiger partial charge in [-0.05, 0) is 23.6 Å². The number of anilines is 1. The Morgan fingerprint density at radius 3 is 2.50 bits per heavy atom. The molecular formula is C13H21NO2. The zero-order valence-corrected chi connectivity index (χ0v) is 10.5. The molecule has 1 aromatic rings. The molecule has 1 aromatic carbocycles. The summed E-state index contributed by atoms with van der Waals surface area (Å²) in [7, 11) is 1.61. The van der Waals surface area contributed by atoms with Crippen LogP contribution in [0.15, 0.2) is 18.2 Å². The van der Waals surface area contributed by atoms with Crippen LogP contribution < -0.4 is 10.1 Å². The molecule has 0 saturated carbocycles. The molecule has 3 nitrogen and oxygen atoms in total. The van der Waals surface area contributed by atoms with Gasteiger partial charge in [0.05, 0.1) is 13.7 Å². The molecule has 0 aliphatic rings. The van der Waals surface area contributed by atoms with Crippen LogP contribution in [0.3, 0.4) is 0 Å². The molecule has 0 unspecified atom stereocenters. The molecule has 1 rings (SSSR count). The molecule has 0 fully saturated rings. The highest BCUT2D eigenvalue weighted by molar-refractivity contribution is 5.51. The van der Waals surface area contributed by atoms with E-state index in [1.165, 1.54) is 0 Å². The number of hydrogen-bond acceptors (Lipinski definition) is 3. The molecule has 0 amide bonds. The summed E-state index contributed by atoms with van der Waals surface area (Å²) in [6.07, 6.45) is 0. The standard InChI is InChI=1S/C13H21NO2/c1-13(2,3)9-14-11-5-6-12(16-4)10(7-11)8-15/h5-7,14-15H,8-9H2,1-4H3. The first-order chi connectivity index (χ1) is 7.46. The van der Waals surface area contributed by atoms with Crippen molar-refractivity contribution in [2.24, 2.45) is 5.41 Å². The Morgan fingerprint density at radius 1 is 1.31 bits per heavy atom. The van der Waals surface area contributed by atoms with Crippen LogP contribution in [0, 0.1) is 5.41 Å². The molecule has 0 aromatic heterocycles. The second kappa shape index (κ2) is 5.21.